The number of carbonyl (C=O) groups excluding carboxylic acids is 2. The van der Waals surface area contributed by atoms with E-state index in [4.69, 9.17) is 16.3 Å². The Morgan fingerprint density at radius 3 is 2.38 bits per heavy atom. The smallest absolute Gasteiger partial charge is 0.338 e. The molecule has 1 aromatic heterocycles. The highest BCUT2D eigenvalue weighted by Crippen LogP contribution is 2.28. The highest BCUT2D eigenvalue weighted by molar-refractivity contribution is 6.35. The summed E-state index contributed by atoms with van der Waals surface area (Å²) in [6.07, 6.45) is 0. The van der Waals surface area contributed by atoms with Crippen molar-refractivity contribution in [2.45, 2.75) is 20.5 Å². The number of aromatic nitrogens is 1. The summed E-state index contributed by atoms with van der Waals surface area (Å²) in [5, 5.41) is 9.82. The van der Waals surface area contributed by atoms with Gasteiger partial charge in [-0.1, -0.05) is 23.7 Å². The van der Waals surface area contributed by atoms with Crippen LogP contribution < -0.4 is 0 Å². The van der Waals surface area contributed by atoms with Gasteiger partial charge in [-0.25, -0.2) is 4.79 Å². The van der Waals surface area contributed by atoms with Gasteiger partial charge >= 0.3 is 11.9 Å². The molecule has 6 nitrogen and oxygen atoms in total. The van der Waals surface area contributed by atoms with E-state index in [9.17, 15) is 19.5 Å². The topological polar surface area (TPSA) is 85.6 Å². The molecule has 0 aliphatic rings. The van der Waals surface area contributed by atoms with Crippen molar-refractivity contribution in [3.8, 4) is 0 Å². The molecule has 1 aromatic carbocycles. The minimum Gasteiger partial charge on any atom is -0.478 e. The van der Waals surface area contributed by atoms with Crippen LogP contribution in [0.1, 0.15) is 44.6 Å². The number of esters is 1. The standard InChI is InChI=1S/C17H16ClNO5/c1-9-14(16(21)11-6-4-5-7-12(11)18)15(17(22)23)13(19(9)3)8-24-10(2)20/h4-7H,8H2,1-3H3,(H,22,23). The largest absolute Gasteiger partial charge is 0.478 e. The van der Waals surface area contributed by atoms with Gasteiger partial charge in [-0.15, -0.1) is 0 Å². The fourth-order valence-corrected chi connectivity index (χ4v) is 2.71. The Bertz CT molecular complexity index is 838. The molecule has 126 valence electrons. The van der Waals surface area contributed by atoms with E-state index >= 15 is 0 Å². The van der Waals surface area contributed by atoms with Gasteiger partial charge in [-0.3, -0.25) is 9.59 Å². The Balaban J connectivity index is 2.64. The van der Waals surface area contributed by atoms with E-state index in [1.54, 1.807) is 32.2 Å². The van der Waals surface area contributed by atoms with Gasteiger partial charge in [0.15, 0.2) is 5.78 Å². The number of aromatic carboxylic acids is 1. The Kier molecular flexibility index (Phi) is 5.09. The Morgan fingerprint density at radius 1 is 1.21 bits per heavy atom. The van der Waals surface area contributed by atoms with E-state index < -0.39 is 17.7 Å². The number of carbonyl (C=O) groups is 3. The second kappa shape index (κ2) is 6.88. The van der Waals surface area contributed by atoms with Crippen molar-refractivity contribution in [2.75, 3.05) is 0 Å². The normalized spacial score (nSPS) is 10.5. The number of benzene rings is 1. The molecule has 0 atom stereocenters. The van der Waals surface area contributed by atoms with Crippen molar-refractivity contribution in [2.24, 2.45) is 7.05 Å². The predicted octanol–water partition coefficient (Wildman–Crippen LogP) is 2.98. The molecule has 24 heavy (non-hydrogen) atoms. The van der Waals surface area contributed by atoms with Crippen molar-refractivity contribution in [3.63, 3.8) is 0 Å². The summed E-state index contributed by atoms with van der Waals surface area (Å²) < 4.78 is 6.45. The van der Waals surface area contributed by atoms with Crippen LogP contribution in [0.25, 0.3) is 0 Å². The van der Waals surface area contributed by atoms with Gasteiger partial charge in [0.25, 0.3) is 0 Å². The molecular formula is C17H16ClNO5. The highest BCUT2D eigenvalue weighted by atomic mass is 35.5. The first-order chi connectivity index (χ1) is 11.3. The van der Waals surface area contributed by atoms with E-state index in [-0.39, 0.29) is 34.0 Å². The fraction of sp³-hybridized carbons (Fsp3) is 0.235. The van der Waals surface area contributed by atoms with Gasteiger partial charge in [0.05, 0.1) is 21.8 Å². The fourth-order valence-electron chi connectivity index (χ4n) is 2.49. The van der Waals surface area contributed by atoms with Crippen LogP contribution >= 0.6 is 11.6 Å². The number of carboxylic acids is 1. The summed E-state index contributed by atoms with van der Waals surface area (Å²) >= 11 is 6.06. The lowest BCUT2D eigenvalue weighted by Gasteiger charge is -2.06. The first-order valence-electron chi connectivity index (χ1n) is 7.09. The van der Waals surface area contributed by atoms with Crippen LogP contribution in [0.2, 0.25) is 5.02 Å². The molecule has 0 fully saturated rings. The Hall–Kier alpha value is -2.60. The first-order valence-corrected chi connectivity index (χ1v) is 7.47. The van der Waals surface area contributed by atoms with Crippen LogP contribution in [0.3, 0.4) is 0 Å². The van der Waals surface area contributed by atoms with Crippen molar-refractivity contribution >= 4 is 29.3 Å². The average Bonchev–Trinajstić information content (AvgIpc) is 2.77. The molecule has 0 amide bonds. The SMILES string of the molecule is CC(=O)OCc1c(C(=O)O)c(C(=O)c2ccccc2Cl)c(C)n1C. The number of ether oxygens (including phenoxy) is 1. The number of halogens is 1. The molecule has 0 saturated carbocycles. The maximum Gasteiger partial charge on any atom is 0.338 e. The van der Waals surface area contributed by atoms with Gasteiger partial charge in [0.1, 0.15) is 6.61 Å². The van der Waals surface area contributed by atoms with Crippen molar-refractivity contribution in [3.05, 3.63) is 57.4 Å². The number of ketones is 1. The summed E-state index contributed by atoms with van der Waals surface area (Å²) in [5.41, 5.74) is 0.779. The van der Waals surface area contributed by atoms with Crippen LogP contribution in [0.5, 0.6) is 0 Å². The first kappa shape index (κ1) is 17.7. The minimum atomic E-state index is -1.27. The number of nitrogens with zero attached hydrogens (tertiary/aromatic N) is 1. The molecule has 0 unspecified atom stereocenters. The third-order valence-corrected chi connectivity index (χ3v) is 4.11. The van der Waals surface area contributed by atoms with Crippen molar-refractivity contribution < 1.29 is 24.2 Å². The zero-order valence-electron chi connectivity index (χ0n) is 13.4. The Labute approximate surface area is 143 Å². The third kappa shape index (κ3) is 3.19. The van der Waals surface area contributed by atoms with Crippen LogP contribution in [0.15, 0.2) is 24.3 Å². The lowest BCUT2D eigenvalue weighted by Crippen LogP contribution is -2.12. The van der Waals surface area contributed by atoms with E-state index in [0.29, 0.717) is 5.69 Å². The minimum absolute atomic E-state index is 0.0419. The summed E-state index contributed by atoms with van der Waals surface area (Å²) in [6.45, 7) is 2.63. The summed E-state index contributed by atoms with van der Waals surface area (Å²) in [6, 6.07) is 6.43. The quantitative estimate of drug-likeness (QED) is 0.662. The number of hydrogen-bond acceptors (Lipinski definition) is 4. The van der Waals surface area contributed by atoms with Gasteiger partial charge in [0, 0.05) is 25.2 Å². The highest BCUT2D eigenvalue weighted by Gasteiger charge is 2.29. The summed E-state index contributed by atoms with van der Waals surface area (Å²) in [4.78, 5) is 35.6. The van der Waals surface area contributed by atoms with Crippen LogP contribution in [-0.4, -0.2) is 27.4 Å². The van der Waals surface area contributed by atoms with Crippen LogP contribution in [0, 0.1) is 6.92 Å². The summed E-state index contributed by atoms with van der Waals surface area (Å²) in [5.74, 6) is -2.29. The van der Waals surface area contributed by atoms with Crippen molar-refractivity contribution in [1.29, 1.82) is 0 Å². The molecule has 0 bridgehead atoms. The third-order valence-electron chi connectivity index (χ3n) is 3.78. The molecule has 0 radical (unpaired) electrons. The maximum absolute atomic E-state index is 12.8. The lowest BCUT2D eigenvalue weighted by molar-refractivity contribution is -0.142. The van der Waals surface area contributed by atoms with E-state index in [0.717, 1.165) is 0 Å². The van der Waals surface area contributed by atoms with Gasteiger partial charge in [0.2, 0.25) is 0 Å². The molecule has 0 spiro atoms. The molecule has 0 saturated heterocycles. The van der Waals surface area contributed by atoms with Crippen LogP contribution in [-0.2, 0) is 23.2 Å². The maximum atomic E-state index is 12.8. The predicted molar refractivity (Wildman–Crippen MR) is 87.5 cm³/mol. The molecule has 7 heteroatoms. The summed E-state index contributed by atoms with van der Waals surface area (Å²) in [7, 11) is 1.62. The second-order valence-electron chi connectivity index (χ2n) is 5.24. The molecule has 2 rings (SSSR count). The van der Waals surface area contributed by atoms with E-state index in [1.165, 1.54) is 17.6 Å². The zero-order chi connectivity index (χ0) is 18.0. The molecule has 0 aliphatic carbocycles. The monoisotopic (exact) mass is 349 g/mol. The van der Waals surface area contributed by atoms with Gasteiger partial charge < -0.3 is 14.4 Å². The second-order valence-corrected chi connectivity index (χ2v) is 5.64. The van der Waals surface area contributed by atoms with Crippen molar-refractivity contribution in [1.82, 2.24) is 4.57 Å². The molecule has 1 heterocycles. The van der Waals surface area contributed by atoms with E-state index in [2.05, 4.69) is 0 Å². The molecular weight excluding hydrogens is 334 g/mol. The Morgan fingerprint density at radius 2 is 1.83 bits per heavy atom. The van der Waals surface area contributed by atoms with E-state index in [1.807, 2.05) is 0 Å². The molecule has 0 aliphatic heterocycles. The molecule has 2 aromatic rings. The van der Waals surface area contributed by atoms with Crippen LogP contribution in [0.4, 0.5) is 0 Å². The lowest BCUT2D eigenvalue weighted by atomic mass is 9.99. The zero-order valence-corrected chi connectivity index (χ0v) is 14.2. The average molecular weight is 350 g/mol. The molecule has 1 N–H and O–H groups in total. The van der Waals surface area contributed by atoms with Gasteiger partial charge in [-0.05, 0) is 19.1 Å². The number of rotatable bonds is 5. The van der Waals surface area contributed by atoms with Gasteiger partial charge in [-0.2, -0.15) is 0 Å². The number of hydrogen-bond donors (Lipinski definition) is 1. The number of carboxylic acid groups (broad SMARTS) is 1.